The predicted octanol–water partition coefficient (Wildman–Crippen LogP) is 13.1. The van der Waals surface area contributed by atoms with Gasteiger partial charge in [-0.15, -0.1) is 0 Å². The summed E-state index contributed by atoms with van der Waals surface area (Å²) in [7, 11) is 0. The highest BCUT2D eigenvalue weighted by atomic mass is 16.5. The SMILES string of the molecule is c1ccc(C2=NC(c3ccccc3)=NC(c3cccc4c3C3(c5ccccc5Oc5c(-c6nc(-c7ccccc7)nc(-c7ccccc7)n6)cccc53)c3ccccc3-4)CC2)cc1. The van der Waals surface area contributed by atoms with Crippen LogP contribution in [0.5, 0.6) is 11.5 Å². The van der Waals surface area contributed by atoms with Gasteiger partial charge in [-0.2, -0.15) is 0 Å². The van der Waals surface area contributed by atoms with E-state index in [9.17, 15) is 0 Å². The second-order valence-corrected chi connectivity index (χ2v) is 16.2. The van der Waals surface area contributed by atoms with E-state index in [0.29, 0.717) is 17.5 Å². The van der Waals surface area contributed by atoms with Gasteiger partial charge >= 0.3 is 0 Å². The van der Waals surface area contributed by atoms with E-state index in [-0.39, 0.29) is 6.04 Å². The van der Waals surface area contributed by atoms with Gasteiger partial charge in [0.15, 0.2) is 23.3 Å². The fraction of sp³-hybridized carbons (Fsp3) is 0.0702. The Balaban J connectivity index is 1.11. The topological polar surface area (TPSA) is 72.6 Å². The van der Waals surface area contributed by atoms with Gasteiger partial charge in [-0.05, 0) is 58.4 Å². The van der Waals surface area contributed by atoms with E-state index in [1.54, 1.807) is 0 Å². The van der Waals surface area contributed by atoms with Gasteiger partial charge in [0.1, 0.15) is 11.5 Å². The van der Waals surface area contributed by atoms with Gasteiger partial charge in [-0.25, -0.2) is 19.9 Å². The summed E-state index contributed by atoms with van der Waals surface area (Å²) in [4.78, 5) is 26.4. The molecular formula is C57H39N5O. The number of para-hydroxylation sites is 2. The molecule has 0 N–H and O–H groups in total. The Morgan fingerprint density at radius 1 is 0.429 bits per heavy atom. The molecule has 1 aliphatic carbocycles. The van der Waals surface area contributed by atoms with E-state index >= 15 is 0 Å². The van der Waals surface area contributed by atoms with Gasteiger partial charge < -0.3 is 4.74 Å². The van der Waals surface area contributed by atoms with Crippen molar-refractivity contribution < 1.29 is 4.74 Å². The summed E-state index contributed by atoms with van der Waals surface area (Å²) in [6, 6.07) is 71.5. The lowest BCUT2D eigenvalue weighted by molar-refractivity contribution is 0.436. The molecule has 0 bridgehead atoms. The van der Waals surface area contributed by atoms with E-state index in [1.807, 2.05) is 66.7 Å². The van der Waals surface area contributed by atoms with Crippen LogP contribution in [-0.4, -0.2) is 26.5 Å². The number of benzene rings is 8. The minimum Gasteiger partial charge on any atom is -0.456 e. The third-order valence-electron chi connectivity index (χ3n) is 12.6. The molecule has 3 aliphatic rings. The third-order valence-corrected chi connectivity index (χ3v) is 12.6. The Morgan fingerprint density at radius 3 is 1.65 bits per heavy atom. The number of hydrogen-bond donors (Lipinski definition) is 0. The standard InChI is InChI=1S/C57H39N5O/c1-5-19-37(20-6-1)48-35-36-49(59-53(58-48)38-21-7-2-8-22-38)43-29-17-28-42-41-27-13-14-31-45(41)57(51(42)43)46-32-15-16-34-50(46)63-52-44(30-18-33-47(52)57)56-61-54(39-23-9-3-10-24-39)60-55(62-56)40-25-11-4-12-26-40/h1-34,49H,35-36H2. The summed E-state index contributed by atoms with van der Waals surface area (Å²) in [5.74, 6) is 3.99. The molecule has 0 amide bonds. The molecule has 6 nitrogen and oxygen atoms in total. The molecule has 6 heteroatoms. The number of amidine groups is 1. The molecule has 1 spiro atoms. The summed E-state index contributed by atoms with van der Waals surface area (Å²) >= 11 is 0. The Hall–Kier alpha value is -8.09. The first-order valence-corrected chi connectivity index (χ1v) is 21.5. The Kier molecular flexibility index (Phi) is 8.82. The number of nitrogens with zero attached hydrogens (tertiary/aromatic N) is 5. The Labute approximate surface area is 366 Å². The largest absolute Gasteiger partial charge is 0.456 e. The molecule has 0 saturated carbocycles. The van der Waals surface area contributed by atoms with Crippen LogP contribution in [0.15, 0.2) is 216 Å². The zero-order chi connectivity index (χ0) is 41.7. The van der Waals surface area contributed by atoms with Gasteiger partial charge in [-0.3, -0.25) is 4.99 Å². The van der Waals surface area contributed by atoms with Crippen LogP contribution in [-0.2, 0) is 5.41 Å². The molecule has 63 heavy (non-hydrogen) atoms. The smallest absolute Gasteiger partial charge is 0.167 e. The van der Waals surface area contributed by atoms with E-state index in [0.717, 1.165) is 74.8 Å². The van der Waals surface area contributed by atoms with Gasteiger partial charge in [0.2, 0.25) is 0 Å². The van der Waals surface area contributed by atoms with Crippen molar-refractivity contribution >= 4 is 11.5 Å². The van der Waals surface area contributed by atoms with Crippen molar-refractivity contribution in [2.45, 2.75) is 24.3 Å². The zero-order valence-electron chi connectivity index (χ0n) is 34.3. The number of aromatic nitrogens is 3. The van der Waals surface area contributed by atoms with Crippen molar-refractivity contribution in [3.05, 3.63) is 245 Å². The summed E-state index contributed by atoms with van der Waals surface area (Å²) in [5.41, 5.74) is 13.1. The highest BCUT2D eigenvalue weighted by Gasteiger charge is 2.53. The number of ether oxygens (including phenoxy) is 1. The molecule has 2 aliphatic heterocycles. The first-order chi connectivity index (χ1) is 31.2. The molecule has 12 rings (SSSR count). The zero-order valence-corrected chi connectivity index (χ0v) is 34.3. The van der Waals surface area contributed by atoms with Crippen LogP contribution < -0.4 is 4.74 Å². The fourth-order valence-corrected chi connectivity index (χ4v) is 9.89. The molecule has 298 valence electrons. The molecule has 0 fully saturated rings. The van der Waals surface area contributed by atoms with Crippen molar-refractivity contribution in [3.63, 3.8) is 0 Å². The minimum absolute atomic E-state index is 0.196. The Bertz CT molecular complexity index is 3200. The van der Waals surface area contributed by atoms with Gasteiger partial charge in [-0.1, -0.05) is 194 Å². The second kappa shape index (κ2) is 15.1. The number of fused-ring (bicyclic) bond motifs is 9. The highest BCUT2D eigenvalue weighted by molar-refractivity contribution is 6.13. The van der Waals surface area contributed by atoms with Crippen molar-refractivity contribution in [3.8, 4) is 56.8 Å². The normalized spacial score (nSPS) is 17.0. The van der Waals surface area contributed by atoms with E-state index < -0.39 is 5.41 Å². The molecular weight excluding hydrogens is 771 g/mol. The summed E-state index contributed by atoms with van der Waals surface area (Å²) in [5, 5.41) is 0. The molecule has 9 aromatic rings. The summed E-state index contributed by atoms with van der Waals surface area (Å²) in [6.07, 6.45) is 1.55. The average Bonchev–Trinajstić information content (AvgIpc) is 3.47. The fourth-order valence-electron chi connectivity index (χ4n) is 9.89. The van der Waals surface area contributed by atoms with Crippen molar-refractivity contribution in [1.82, 2.24) is 15.0 Å². The van der Waals surface area contributed by atoms with Crippen molar-refractivity contribution in [2.75, 3.05) is 0 Å². The molecule has 0 saturated heterocycles. The van der Waals surface area contributed by atoms with Gasteiger partial charge in [0.05, 0.1) is 22.7 Å². The first-order valence-electron chi connectivity index (χ1n) is 21.5. The quantitative estimate of drug-likeness (QED) is 0.168. The number of hydrogen-bond acceptors (Lipinski definition) is 6. The monoisotopic (exact) mass is 809 g/mol. The van der Waals surface area contributed by atoms with Gasteiger partial charge in [0.25, 0.3) is 0 Å². The third kappa shape index (κ3) is 6.05. The maximum atomic E-state index is 7.17. The summed E-state index contributed by atoms with van der Waals surface area (Å²) in [6.45, 7) is 0. The molecule has 1 aromatic heterocycles. The van der Waals surface area contributed by atoms with Crippen LogP contribution >= 0.6 is 0 Å². The van der Waals surface area contributed by atoms with Crippen LogP contribution in [0, 0.1) is 0 Å². The van der Waals surface area contributed by atoms with Crippen LogP contribution in [0.2, 0.25) is 0 Å². The molecule has 3 heterocycles. The van der Waals surface area contributed by atoms with Gasteiger partial charge in [0, 0.05) is 27.8 Å². The van der Waals surface area contributed by atoms with Crippen LogP contribution in [0.3, 0.4) is 0 Å². The molecule has 8 aromatic carbocycles. The second-order valence-electron chi connectivity index (χ2n) is 16.2. The predicted molar refractivity (Wildman–Crippen MR) is 251 cm³/mol. The minimum atomic E-state index is -0.766. The molecule has 0 radical (unpaired) electrons. The number of rotatable bonds is 6. The lowest BCUT2D eigenvalue weighted by atomic mass is 9.64. The lowest BCUT2D eigenvalue weighted by Gasteiger charge is -2.41. The van der Waals surface area contributed by atoms with Crippen LogP contribution in [0.4, 0.5) is 0 Å². The highest BCUT2D eigenvalue weighted by Crippen LogP contribution is 2.64. The maximum Gasteiger partial charge on any atom is 0.167 e. The van der Waals surface area contributed by atoms with Crippen LogP contribution in [0.1, 0.15) is 57.8 Å². The number of aliphatic imine (C=N–C) groups is 2. The van der Waals surface area contributed by atoms with E-state index in [1.165, 1.54) is 27.8 Å². The van der Waals surface area contributed by atoms with Crippen molar-refractivity contribution in [2.24, 2.45) is 9.98 Å². The summed E-state index contributed by atoms with van der Waals surface area (Å²) < 4.78 is 7.17. The first kappa shape index (κ1) is 36.7. The van der Waals surface area contributed by atoms with Crippen molar-refractivity contribution in [1.29, 1.82) is 0 Å². The van der Waals surface area contributed by atoms with E-state index in [4.69, 9.17) is 29.7 Å². The molecule has 2 atom stereocenters. The van der Waals surface area contributed by atoms with Crippen LogP contribution in [0.25, 0.3) is 45.3 Å². The maximum absolute atomic E-state index is 7.17. The Morgan fingerprint density at radius 2 is 0.952 bits per heavy atom. The lowest BCUT2D eigenvalue weighted by Crippen LogP contribution is -2.33. The average molecular weight is 810 g/mol. The van der Waals surface area contributed by atoms with E-state index in [2.05, 4.69) is 140 Å². The molecule has 2 unspecified atom stereocenters.